The Bertz CT molecular complexity index is 643. The molecule has 0 unspecified atom stereocenters. The van der Waals surface area contributed by atoms with Crippen LogP contribution in [0.5, 0.6) is 0 Å². The van der Waals surface area contributed by atoms with E-state index in [1.165, 1.54) is 23.5 Å². The molecule has 0 fully saturated rings. The zero-order chi connectivity index (χ0) is 13.9. The first-order valence-electron chi connectivity index (χ1n) is 5.36. The van der Waals surface area contributed by atoms with Gasteiger partial charge in [0.25, 0.3) is 0 Å². The Labute approximate surface area is 121 Å². The first kappa shape index (κ1) is 12.9. The lowest BCUT2D eigenvalue weighted by Crippen LogP contribution is -1.95. The largest absolute Gasteiger partial charge is 0.223 e. The third kappa shape index (κ3) is 2.75. The lowest BCUT2D eigenvalue weighted by atomic mass is 10.6. The van der Waals surface area contributed by atoms with E-state index in [2.05, 4.69) is 41.2 Å². The van der Waals surface area contributed by atoms with Crippen molar-refractivity contribution in [2.75, 3.05) is 0 Å². The van der Waals surface area contributed by atoms with Crippen LogP contribution in [0.15, 0.2) is 32.5 Å². The molecule has 102 valence electrons. The van der Waals surface area contributed by atoms with Crippen molar-refractivity contribution in [1.82, 2.24) is 50.6 Å². The molecular weight excluding hydrogens is 300 g/mol. The summed E-state index contributed by atoms with van der Waals surface area (Å²) in [7, 11) is 3.53. The van der Waals surface area contributed by atoms with Gasteiger partial charge in [-0.1, -0.05) is 0 Å². The summed E-state index contributed by atoms with van der Waals surface area (Å²) in [5.41, 5.74) is 0. The quantitative estimate of drug-likeness (QED) is 0.643. The number of hydrogen-bond acceptors (Lipinski definition) is 10. The van der Waals surface area contributed by atoms with Crippen molar-refractivity contribution < 1.29 is 0 Å². The predicted molar refractivity (Wildman–Crippen MR) is 67.9 cm³/mol. The highest BCUT2D eigenvalue weighted by atomic mass is 32.2. The first-order chi connectivity index (χ1) is 9.72. The van der Waals surface area contributed by atoms with Gasteiger partial charge in [-0.05, 0) is 56.5 Å². The van der Waals surface area contributed by atoms with Crippen molar-refractivity contribution in [3.05, 3.63) is 12.1 Å². The molecule has 20 heavy (non-hydrogen) atoms. The first-order valence-corrected chi connectivity index (χ1v) is 7.00. The highest BCUT2D eigenvalue weighted by Crippen LogP contribution is 2.26. The molecule has 0 bridgehead atoms. The fraction of sp³-hybridized carbons (Fsp3) is 0.250. The standard InChI is InChI=1S/C8H8N10S2/c1-17-7(11-13-15-17)19-5-3-4-6(10-9-5)20-8-12-14-16-18(8)2/h3-4H,1-2H3. The molecule has 12 heteroatoms. The fourth-order valence-electron chi connectivity index (χ4n) is 1.22. The van der Waals surface area contributed by atoms with Crippen LogP contribution in [0.1, 0.15) is 0 Å². The van der Waals surface area contributed by atoms with Gasteiger partial charge in [0, 0.05) is 14.1 Å². The number of nitrogens with zero attached hydrogens (tertiary/aromatic N) is 10. The Morgan fingerprint density at radius 1 is 0.750 bits per heavy atom. The molecule has 0 aliphatic heterocycles. The summed E-state index contributed by atoms with van der Waals surface area (Å²) < 4.78 is 3.14. The summed E-state index contributed by atoms with van der Waals surface area (Å²) in [6.45, 7) is 0. The normalized spacial score (nSPS) is 10.9. The van der Waals surface area contributed by atoms with E-state index >= 15 is 0 Å². The van der Waals surface area contributed by atoms with Crippen molar-refractivity contribution in [3.8, 4) is 0 Å². The molecule has 0 atom stereocenters. The van der Waals surface area contributed by atoms with Gasteiger partial charge >= 0.3 is 0 Å². The average Bonchev–Trinajstić information content (AvgIpc) is 3.02. The second-order valence-corrected chi connectivity index (χ2v) is 5.56. The molecule has 0 amide bonds. The van der Waals surface area contributed by atoms with Crippen molar-refractivity contribution in [3.63, 3.8) is 0 Å². The maximum absolute atomic E-state index is 4.11. The minimum absolute atomic E-state index is 0.650. The molecule has 0 radical (unpaired) electrons. The van der Waals surface area contributed by atoms with E-state index < -0.39 is 0 Å². The van der Waals surface area contributed by atoms with Gasteiger partial charge in [-0.2, -0.15) is 0 Å². The SMILES string of the molecule is Cn1nnnc1Sc1ccc(Sc2nnnn2C)nn1. The molecule has 3 aromatic rings. The molecule has 0 spiro atoms. The lowest BCUT2D eigenvalue weighted by Gasteiger charge is -2.00. The zero-order valence-corrected chi connectivity index (χ0v) is 12.1. The van der Waals surface area contributed by atoms with Crippen LogP contribution < -0.4 is 0 Å². The minimum Gasteiger partial charge on any atom is -0.223 e. The van der Waals surface area contributed by atoms with Gasteiger partial charge in [-0.25, -0.2) is 9.36 Å². The van der Waals surface area contributed by atoms with Gasteiger partial charge in [-0.15, -0.1) is 20.4 Å². The highest BCUT2D eigenvalue weighted by molar-refractivity contribution is 7.99. The molecule has 0 saturated heterocycles. The monoisotopic (exact) mass is 308 g/mol. The van der Waals surface area contributed by atoms with Crippen molar-refractivity contribution in [1.29, 1.82) is 0 Å². The molecule has 0 saturated carbocycles. The van der Waals surface area contributed by atoms with Gasteiger partial charge in [-0.3, -0.25) is 0 Å². The number of rotatable bonds is 4. The average molecular weight is 308 g/mol. The second kappa shape index (κ2) is 5.50. The van der Waals surface area contributed by atoms with Crippen molar-refractivity contribution in [2.24, 2.45) is 14.1 Å². The van der Waals surface area contributed by atoms with E-state index in [4.69, 9.17) is 0 Å². The topological polar surface area (TPSA) is 113 Å². The zero-order valence-electron chi connectivity index (χ0n) is 10.4. The predicted octanol–water partition coefficient (Wildman–Crippen LogP) is -0.174. The van der Waals surface area contributed by atoms with Gasteiger partial charge in [0.15, 0.2) is 0 Å². The number of tetrazole rings is 2. The highest BCUT2D eigenvalue weighted by Gasteiger charge is 2.09. The minimum atomic E-state index is 0.650. The second-order valence-electron chi connectivity index (χ2n) is 3.58. The smallest absolute Gasteiger partial charge is 0.215 e. The number of aromatic nitrogens is 10. The molecule has 0 aromatic carbocycles. The summed E-state index contributed by atoms with van der Waals surface area (Å²) in [5.74, 6) is 0. The molecule has 3 rings (SSSR count). The van der Waals surface area contributed by atoms with Gasteiger partial charge in [0.05, 0.1) is 0 Å². The van der Waals surface area contributed by atoms with Crippen LogP contribution in [0, 0.1) is 0 Å². The summed E-state index contributed by atoms with van der Waals surface area (Å²) in [6.07, 6.45) is 0. The third-order valence-corrected chi connectivity index (χ3v) is 4.08. The van der Waals surface area contributed by atoms with Gasteiger partial charge in [0.2, 0.25) is 10.3 Å². The molecular formula is C8H8N10S2. The molecule has 0 aliphatic rings. The third-order valence-electron chi connectivity index (χ3n) is 2.17. The van der Waals surface area contributed by atoms with Crippen LogP contribution in [-0.4, -0.2) is 50.6 Å². The molecule has 0 aliphatic carbocycles. The number of aryl methyl sites for hydroxylation is 2. The maximum atomic E-state index is 4.11. The van der Waals surface area contributed by atoms with Crippen LogP contribution in [0.3, 0.4) is 0 Å². The van der Waals surface area contributed by atoms with E-state index in [0.717, 1.165) is 0 Å². The summed E-state index contributed by atoms with van der Waals surface area (Å²) >= 11 is 2.68. The summed E-state index contributed by atoms with van der Waals surface area (Å²) in [6, 6.07) is 3.69. The molecule has 3 aromatic heterocycles. The number of hydrogen-bond donors (Lipinski definition) is 0. The van der Waals surface area contributed by atoms with Crippen molar-refractivity contribution in [2.45, 2.75) is 20.4 Å². The molecule has 3 heterocycles. The molecule has 10 nitrogen and oxygen atoms in total. The van der Waals surface area contributed by atoms with Gasteiger partial charge in [0.1, 0.15) is 10.1 Å². The van der Waals surface area contributed by atoms with Crippen molar-refractivity contribution >= 4 is 23.5 Å². The van der Waals surface area contributed by atoms with E-state index in [-0.39, 0.29) is 0 Å². The Hall–Kier alpha value is -2.08. The Morgan fingerprint density at radius 2 is 1.20 bits per heavy atom. The summed E-state index contributed by atoms with van der Waals surface area (Å²) in [4.78, 5) is 0. The van der Waals surface area contributed by atoms with Gasteiger partial charge < -0.3 is 0 Å². The summed E-state index contributed by atoms with van der Waals surface area (Å²) in [5, 5.41) is 33.3. The van der Waals surface area contributed by atoms with E-state index in [1.54, 1.807) is 23.5 Å². The van der Waals surface area contributed by atoms with Crippen LogP contribution in [0.2, 0.25) is 0 Å². The van der Waals surface area contributed by atoms with Crippen LogP contribution in [-0.2, 0) is 14.1 Å². The van der Waals surface area contributed by atoms with Crippen LogP contribution in [0.25, 0.3) is 0 Å². The Balaban J connectivity index is 1.72. The van der Waals surface area contributed by atoms with E-state index in [0.29, 0.717) is 20.4 Å². The maximum Gasteiger partial charge on any atom is 0.215 e. The van der Waals surface area contributed by atoms with E-state index in [9.17, 15) is 0 Å². The van der Waals surface area contributed by atoms with E-state index in [1.807, 2.05) is 12.1 Å². The Kier molecular flexibility index (Phi) is 3.56. The van der Waals surface area contributed by atoms with Crippen LogP contribution in [0.4, 0.5) is 0 Å². The fourth-order valence-corrected chi connectivity index (χ4v) is 2.52. The lowest BCUT2D eigenvalue weighted by molar-refractivity contribution is 0.662. The van der Waals surface area contributed by atoms with Crippen LogP contribution >= 0.6 is 23.5 Å². The Morgan fingerprint density at radius 3 is 1.50 bits per heavy atom. The molecule has 0 N–H and O–H groups in total.